The summed E-state index contributed by atoms with van der Waals surface area (Å²) in [6.07, 6.45) is 1.59. The van der Waals surface area contributed by atoms with Gasteiger partial charge in [0.2, 0.25) is 0 Å². The van der Waals surface area contributed by atoms with Gasteiger partial charge in [0.25, 0.3) is 0 Å². The molecule has 0 saturated carbocycles. The molecule has 1 atom stereocenters. The van der Waals surface area contributed by atoms with Crippen LogP contribution in [0.2, 0.25) is 0 Å². The van der Waals surface area contributed by atoms with Crippen LogP contribution in [0.4, 0.5) is 10.1 Å². The van der Waals surface area contributed by atoms with Gasteiger partial charge in [0.1, 0.15) is 23.5 Å². The summed E-state index contributed by atoms with van der Waals surface area (Å²) in [5, 5.41) is 13.3. The molecule has 4 aromatic carbocycles. The second-order valence-corrected chi connectivity index (χ2v) is 9.73. The number of rotatable bonds is 10. The van der Waals surface area contributed by atoms with Gasteiger partial charge in [-0.3, -0.25) is 5.41 Å². The fraction of sp³-hybridized carbons (Fsp3) is 0.188. The first-order valence-electron chi connectivity index (χ1n) is 13.2. The van der Waals surface area contributed by atoms with Gasteiger partial charge in [0.15, 0.2) is 11.6 Å². The highest BCUT2D eigenvalue weighted by Crippen LogP contribution is 2.36. The lowest BCUT2D eigenvalue weighted by Gasteiger charge is -2.22. The Hall–Kier alpha value is -4.85. The second-order valence-electron chi connectivity index (χ2n) is 9.73. The predicted octanol–water partition coefficient (Wildman–Crippen LogP) is 7.04. The van der Waals surface area contributed by atoms with E-state index in [0.29, 0.717) is 35.0 Å². The van der Waals surface area contributed by atoms with Crippen molar-refractivity contribution < 1.29 is 13.9 Å². The number of aromatic amines is 1. The molecule has 0 bridgehead atoms. The monoisotopic (exact) mass is 537 g/mol. The quantitative estimate of drug-likeness (QED) is 0.113. The van der Waals surface area contributed by atoms with Crippen LogP contribution in [-0.2, 0) is 0 Å². The Morgan fingerprint density at radius 1 is 1.02 bits per heavy atom. The number of fused-ring (bicyclic) bond motifs is 1. The van der Waals surface area contributed by atoms with Crippen molar-refractivity contribution in [2.45, 2.75) is 32.9 Å². The van der Waals surface area contributed by atoms with Crippen molar-refractivity contribution in [3.05, 3.63) is 108 Å². The average molecular weight is 538 g/mol. The molecule has 5 rings (SSSR count). The van der Waals surface area contributed by atoms with Gasteiger partial charge >= 0.3 is 0 Å². The maximum absolute atomic E-state index is 16.1. The highest BCUT2D eigenvalue weighted by Gasteiger charge is 2.26. The third-order valence-electron chi connectivity index (χ3n) is 6.45. The van der Waals surface area contributed by atoms with Gasteiger partial charge in [-0.2, -0.15) is 0 Å². The van der Waals surface area contributed by atoms with Crippen LogP contribution in [-0.4, -0.2) is 28.5 Å². The number of halogens is 1. The van der Waals surface area contributed by atoms with E-state index >= 15 is 4.39 Å². The van der Waals surface area contributed by atoms with Crippen molar-refractivity contribution in [1.82, 2.24) is 9.97 Å². The third-order valence-corrected chi connectivity index (χ3v) is 6.45. The fourth-order valence-electron chi connectivity index (χ4n) is 4.58. The summed E-state index contributed by atoms with van der Waals surface area (Å²) in [5.41, 5.74) is 8.92. The largest absolute Gasteiger partial charge is 0.494 e. The summed E-state index contributed by atoms with van der Waals surface area (Å²) in [7, 11) is 0. The van der Waals surface area contributed by atoms with E-state index in [0.717, 1.165) is 22.0 Å². The molecule has 0 saturated heterocycles. The summed E-state index contributed by atoms with van der Waals surface area (Å²) in [4.78, 5) is 8.16. The molecule has 0 radical (unpaired) electrons. The predicted molar refractivity (Wildman–Crippen MR) is 158 cm³/mol. The van der Waals surface area contributed by atoms with Crippen molar-refractivity contribution >= 4 is 22.3 Å². The molecule has 1 unspecified atom stereocenters. The smallest absolute Gasteiger partial charge is 0.171 e. The molecule has 0 aliphatic rings. The molecule has 0 aliphatic carbocycles. The van der Waals surface area contributed by atoms with Gasteiger partial charge < -0.3 is 25.5 Å². The van der Waals surface area contributed by atoms with Crippen molar-refractivity contribution in [3.63, 3.8) is 0 Å². The Kier molecular flexibility index (Phi) is 7.68. The number of nitrogens with zero attached hydrogens (tertiary/aromatic N) is 1. The molecule has 1 heterocycles. The van der Waals surface area contributed by atoms with E-state index in [1.54, 1.807) is 36.4 Å². The first-order valence-corrected chi connectivity index (χ1v) is 13.2. The molecular weight excluding hydrogens is 505 g/mol. The number of ether oxygens (including phenoxy) is 2. The summed E-state index contributed by atoms with van der Waals surface area (Å²) in [5.74, 6) is 0.589. The maximum atomic E-state index is 16.1. The number of nitrogens with two attached hydrogens (primary N) is 1. The SMILES string of the molecule is CCOc1cc(OC(C)C)c(F)c(C(Nc2ccc(C(=N)N)cc2)c2nc(-c3ccc4ccccc4c3)c[nH]2)c1. The standard InChI is InChI=1S/C32H32FN5O2/c1-4-39-25-16-26(29(33)28(17-25)40-19(2)3)30(37-24-13-11-21(12-14-24)31(34)35)32-36-18-27(38-32)23-10-9-20-7-5-6-8-22(20)15-23/h5-19,30,37H,4H2,1-3H3,(H3,34,35)(H,36,38). The lowest BCUT2D eigenvalue weighted by atomic mass is 10.0. The molecule has 40 heavy (non-hydrogen) atoms. The van der Waals surface area contributed by atoms with Gasteiger partial charge in [-0.15, -0.1) is 0 Å². The van der Waals surface area contributed by atoms with Gasteiger partial charge in [0, 0.05) is 34.6 Å². The van der Waals surface area contributed by atoms with Crippen LogP contribution in [0.1, 0.15) is 43.8 Å². The molecule has 0 amide bonds. The highest BCUT2D eigenvalue weighted by atomic mass is 19.1. The number of imidazole rings is 1. The molecule has 204 valence electrons. The fourth-order valence-corrected chi connectivity index (χ4v) is 4.58. The van der Waals surface area contributed by atoms with Crippen LogP contribution in [0.25, 0.3) is 22.0 Å². The summed E-state index contributed by atoms with van der Waals surface area (Å²) >= 11 is 0. The topological polar surface area (TPSA) is 109 Å². The number of nitrogen functional groups attached to an aromatic ring is 1. The molecule has 5 aromatic rings. The van der Waals surface area contributed by atoms with Crippen molar-refractivity contribution in [2.75, 3.05) is 11.9 Å². The normalized spacial score (nSPS) is 11.9. The van der Waals surface area contributed by atoms with Gasteiger partial charge in [-0.25, -0.2) is 9.37 Å². The van der Waals surface area contributed by atoms with Gasteiger partial charge in [-0.05, 0) is 67.9 Å². The molecule has 1 aromatic heterocycles. The van der Waals surface area contributed by atoms with E-state index in [1.807, 2.05) is 45.2 Å². The van der Waals surface area contributed by atoms with E-state index in [1.165, 1.54) is 0 Å². The summed E-state index contributed by atoms with van der Waals surface area (Å²) < 4.78 is 27.6. The third kappa shape index (κ3) is 5.76. The Bertz CT molecular complexity index is 1650. The van der Waals surface area contributed by atoms with E-state index in [9.17, 15) is 0 Å². The van der Waals surface area contributed by atoms with E-state index in [2.05, 4.69) is 34.6 Å². The maximum Gasteiger partial charge on any atom is 0.171 e. The first-order chi connectivity index (χ1) is 19.3. The molecule has 0 spiro atoms. The number of hydrogen-bond donors (Lipinski definition) is 4. The minimum absolute atomic E-state index is 0.0277. The number of aromatic nitrogens is 2. The lowest BCUT2D eigenvalue weighted by Crippen LogP contribution is -2.18. The van der Waals surface area contributed by atoms with E-state index in [4.69, 9.17) is 25.6 Å². The van der Waals surface area contributed by atoms with Crippen molar-refractivity contribution in [2.24, 2.45) is 5.73 Å². The van der Waals surface area contributed by atoms with Crippen molar-refractivity contribution in [1.29, 1.82) is 5.41 Å². The minimum Gasteiger partial charge on any atom is -0.494 e. The van der Waals surface area contributed by atoms with Crippen LogP contribution in [0, 0.1) is 11.2 Å². The molecular formula is C32H32FN5O2. The minimum atomic E-state index is -0.715. The van der Waals surface area contributed by atoms with Gasteiger partial charge in [-0.1, -0.05) is 36.4 Å². The zero-order chi connectivity index (χ0) is 28.2. The van der Waals surface area contributed by atoms with Gasteiger partial charge in [0.05, 0.1) is 18.4 Å². The number of hydrogen-bond acceptors (Lipinski definition) is 5. The second kappa shape index (κ2) is 11.5. The van der Waals surface area contributed by atoms with Crippen LogP contribution in [0.3, 0.4) is 0 Å². The number of amidine groups is 1. The zero-order valence-electron chi connectivity index (χ0n) is 22.7. The Labute approximate surface area is 232 Å². The van der Waals surface area contributed by atoms with Crippen LogP contribution >= 0.6 is 0 Å². The molecule has 7 nitrogen and oxygen atoms in total. The molecule has 0 aliphatic heterocycles. The number of anilines is 1. The number of nitrogens with one attached hydrogen (secondary N) is 3. The Morgan fingerprint density at radius 2 is 1.77 bits per heavy atom. The highest BCUT2D eigenvalue weighted by molar-refractivity contribution is 5.95. The number of H-pyrrole nitrogens is 1. The van der Waals surface area contributed by atoms with Crippen LogP contribution in [0.5, 0.6) is 11.5 Å². The molecule has 0 fully saturated rings. The number of benzene rings is 4. The van der Waals surface area contributed by atoms with Crippen LogP contribution < -0.4 is 20.5 Å². The Balaban J connectivity index is 1.60. The summed E-state index contributed by atoms with van der Waals surface area (Å²) in [6.45, 7) is 5.99. The van der Waals surface area contributed by atoms with E-state index < -0.39 is 11.9 Å². The average Bonchev–Trinajstić information content (AvgIpc) is 3.43. The molecule has 8 heteroatoms. The zero-order valence-corrected chi connectivity index (χ0v) is 22.7. The summed E-state index contributed by atoms with van der Waals surface area (Å²) in [6, 6.07) is 23.9. The molecule has 5 N–H and O–H groups in total. The lowest BCUT2D eigenvalue weighted by molar-refractivity contribution is 0.228. The van der Waals surface area contributed by atoms with Crippen LogP contribution in [0.15, 0.2) is 85.1 Å². The Morgan fingerprint density at radius 3 is 2.48 bits per heavy atom. The first kappa shape index (κ1) is 26.7. The van der Waals surface area contributed by atoms with E-state index in [-0.39, 0.29) is 17.7 Å². The van der Waals surface area contributed by atoms with Crippen molar-refractivity contribution in [3.8, 4) is 22.8 Å².